The summed E-state index contributed by atoms with van der Waals surface area (Å²) in [4.78, 5) is 12.0. The number of carbonyl (C=O) groups excluding carboxylic acids is 1. The van der Waals surface area contributed by atoms with Gasteiger partial charge in [0.1, 0.15) is 6.04 Å². The van der Waals surface area contributed by atoms with Gasteiger partial charge in [-0.2, -0.15) is 5.26 Å². The maximum atomic E-state index is 12.0. The van der Waals surface area contributed by atoms with Crippen LogP contribution < -0.4 is 5.32 Å². The van der Waals surface area contributed by atoms with Crippen LogP contribution >= 0.6 is 11.6 Å². The molecule has 1 amide bonds. The highest BCUT2D eigenvalue weighted by molar-refractivity contribution is 6.30. The molecule has 0 saturated carbocycles. The maximum absolute atomic E-state index is 12.0. The highest BCUT2D eigenvalue weighted by Gasteiger charge is 2.13. The van der Waals surface area contributed by atoms with Gasteiger partial charge in [-0.15, -0.1) is 0 Å². The minimum Gasteiger partial charge on any atom is -0.336 e. The van der Waals surface area contributed by atoms with Crippen molar-refractivity contribution in [2.75, 3.05) is 0 Å². The van der Waals surface area contributed by atoms with Gasteiger partial charge in [-0.05, 0) is 23.3 Å². The summed E-state index contributed by atoms with van der Waals surface area (Å²) in [5, 5.41) is 12.5. The van der Waals surface area contributed by atoms with Gasteiger partial charge in [0.15, 0.2) is 0 Å². The summed E-state index contributed by atoms with van der Waals surface area (Å²) in [6, 6.07) is 17.7. The molecule has 1 atom stereocenters. The summed E-state index contributed by atoms with van der Waals surface area (Å²) in [5.41, 5.74) is 1.59. The third kappa shape index (κ3) is 3.84. The minimum atomic E-state index is -0.636. The lowest BCUT2D eigenvalue weighted by Gasteiger charge is -2.12. The monoisotopic (exact) mass is 284 g/mol. The Morgan fingerprint density at radius 1 is 1.20 bits per heavy atom. The van der Waals surface area contributed by atoms with Crippen LogP contribution in [0.3, 0.4) is 0 Å². The Bertz CT molecular complexity index is 634. The molecule has 2 aromatic carbocycles. The molecule has 100 valence electrons. The smallest absolute Gasteiger partial charge is 0.225 e. The second-order valence-electron chi connectivity index (χ2n) is 4.35. The molecular formula is C16H13ClN2O. The van der Waals surface area contributed by atoms with Crippen molar-refractivity contribution in [1.29, 1.82) is 5.26 Å². The minimum absolute atomic E-state index is 0.200. The number of benzene rings is 2. The van der Waals surface area contributed by atoms with Crippen LogP contribution in [0.5, 0.6) is 0 Å². The summed E-state index contributed by atoms with van der Waals surface area (Å²) in [6.07, 6.45) is 0.200. The van der Waals surface area contributed by atoms with E-state index in [0.717, 1.165) is 11.1 Å². The molecule has 0 radical (unpaired) electrons. The van der Waals surface area contributed by atoms with E-state index in [1.54, 1.807) is 18.2 Å². The fraction of sp³-hybridized carbons (Fsp3) is 0.125. The van der Waals surface area contributed by atoms with E-state index in [2.05, 4.69) is 11.4 Å². The molecule has 0 heterocycles. The summed E-state index contributed by atoms with van der Waals surface area (Å²) in [6.45, 7) is 0. The highest BCUT2D eigenvalue weighted by Crippen LogP contribution is 2.13. The third-order valence-electron chi connectivity index (χ3n) is 2.82. The molecule has 3 nitrogen and oxygen atoms in total. The first kappa shape index (κ1) is 14.1. The molecule has 1 unspecified atom stereocenters. The Morgan fingerprint density at radius 3 is 2.60 bits per heavy atom. The fourth-order valence-electron chi connectivity index (χ4n) is 1.88. The van der Waals surface area contributed by atoms with Gasteiger partial charge >= 0.3 is 0 Å². The third-order valence-corrected chi connectivity index (χ3v) is 3.06. The van der Waals surface area contributed by atoms with Gasteiger partial charge in [-0.25, -0.2) is 0 Å². The molecule has 0 aliphatic rings. The predicted octanol–water partition coefficient (Wildman–Crippen LogP) is 3.26. The first-order valence-electron chi connectivity index (χ1n) is 6.17. The molecule has 0 fully saturated rings. The lowest BCUT2D eigenvalue weighted by Crippen LogP contribution is -2.28. The average molecular weight is 285 g/mol. The zero-order valence-electron chi connectivity index (χ0n) is 10.7. The maximum Gasteiger partial charge on any atom is 0.225 e. The van der Waals surface area contributed by atoms with Crippen molar-refractivity contribution in [2.45, 2.75) is 12.5 Å². The number of amides is 1. The van der Waals surface area contributed by atoms with E-state index in [0.29, 0.717) is 5.02 Å². The van der Waals surface area contributed by atoms with Crippen LogP contribution in [0.1, 0.15) is 17.2 Å². The van der Waals surface area contributed by atoms with Gasteiger partial charge < -0.3 is 5.32 Å². The van der Waals surface area contributed by atoms with Gasteiger partial charge in [-0.1, -0.05) is 54.1 Å². The lowest BCUT2D eigenvalue weighted by atomic mass is 10.1. The number of carbonyl (C=O) groups is 1. The van der Waals surface area contributed by atoms with E-state index in [-0.39, 0.29) is 12.3 Å². The van der Waals surface area contributed by atoms with E-state index >= 15 is 0 Å². The van der Waals surface area contributed by atoms with Crippen LogP contribution in [0.25, 0.3) is 0 Å². The van der Waals surface area contributed by atoms with Crippen LogP contribution in [0.15, 0.2) is 54.6 Å². The Kier molecular flexibility index (Phi) is 4.75. The first-order valence-corrected chi connectivity index (χ1v) is 6.55. The van der Waals surface area contributed by atoms with Crippen molar-refractivity contribution in [3.05, 3.63) is 70.7 Å². The molecule has 0 bridgehead atoms. The Labute approximate surface area is 122 Å². The standard InChI is InChI=1S/C16H13ClN2O/c17-14-8-4-5-12(9-14)10-16(20)19-15(11-18)13-6-2-1-3-7-13/h1-9,15H,10H2,(H,19,20). The normalized spacial score (nSPS) is 11.4. The van der Waals surface area contributed by atoms with Gasteiger partial charge in [-0.3, -0.25) is 4.79 Å². The summed E-state index contributed by atoms with van der Waals surface area (Å²) in [7, 11) is 0. The number of nitrogens with one attached hydrogen (secondary N) is 1. The number of hydrogen-bond acceptors (Lipinski definition) is 2. The molecular weight excluding hydrogens is 272 g/mol. The zero-order chi connectivity index (χ0) is 14.4. The van der Waals surface area contributed by atoms with E-state index in [4.69, 9.17) is 16.9 Å². The van der Waals surface area contributed by atoms with Crippen molar-refractivity contribution in [3.63, 3.8) is 0 Å². The Balaban J connectivity index is 2.02. The number of hydrogen-bond donors (Lipinski definition) is 1. The van der Waals surface area contributed by atoms with Crippen LogP contribution in [-0.4, -0.2) is 5.91 Å². The number of rotatable bonds is 4. The number of nitrogens with zero attached hydrogens (tertiary/aromatic N) is 1. The molecule has 2 aromatic rings. The molecule has 2 rings (SSSR count). The van der Waals surface area contributed by atoms with Gasteiger partial charge in [0.25, 0.3) is 0 Å². The second kappa shape index (κ2) is 6.74. The van der Waals surface area contributed by atoms with Crippen molar-refractivity contribution < 1.29 is 4.79 Å². The quantitative estimate of drug-likeness (QED) is 0.937. The largest absolute Gasteiger partial charge is 0.336 e. The van der Waals surface area contributed by atoms with Crippen LogP contribution in [0.2, 0.25) is 5.02 Å². The number of halogens is 1. The SMILES string of the molecule is N#CC(NC(=O)Cc1cccc(Cl)c1)c1ccccc1. The molecule has 4 heteroatoms. The lowest BCUT2D eigenvalue weighted by molar-refractivity contribution is -0.120. The molecule has 0 aromatic heterocycles. The van der Waals surface area contributed by atoms with Crippen LogP contribution in [-0.2, 0) is 11.2 Å². The Morgan fingerprint density at radius 2 is 1.95 bits per heavy atom. The molecule has 1 N–H and O–H groups in total. The van der Waals surface area contributed by atoms with E-state index in [1.807, 2.05) is 36.4 Å². The highest BCUT2D eigenvalue weighted by atomic mass is 35.5. The predicted molar refractivity (Wildman–Crippen MR) is 78.1 cm³/mol. The van der Waals surface area contributed by atoms with Crippen LogP contribution in [0, 0.1) is 11.3 Å². The number of nitriles is 1. The molecule has 0 aliphatic carbocycles. The molecule has 20 heavy (non-hydrogen) atoms. The van der Waals surface area contributed by atoms with Crippen LogP contribution in [0.4, 0.5) is 0 Å². The van der Waals surface area contributed by atoms with Gasteiger partial charge in [0.05, 0.1) is 12.5 Å². The molecule has 0 aliphatic heterocycles. The fourth-order valence-corrected chi connectivity index (χ4v) is 2.09. The van der Waals surface area contributed by atoms with Crippen molar-refractivity contribution in [1.82, 2.24) is 5.32 Å². The summed E-state index contributed by atoms with van der Waals surface area (Å²) >= 11 is 5.87. The summed E-state index contributed by atoms with van der Waals surface area (Å²) < 4.78 is 0. The first-order chi connectivity index (χ1) is 9.69. The Hall–Kier alpha value is -2.31. The van der Waals surface area contributed by atoms with Gasteiger partial charge in [0.2, 0.25) is 5.91 Å². The topological polar surface area (TPSA) is 52.9 Å². The van der Waals surface area contributed by atoms with Crippen molar-refractivity contribution >= 4 is 17.5 Å². The van der Waals surface area contributed by atoms with Crippen molar-refractivity contribution in [3.8, 4) is 6.07 Å². The van der Waals surface area contributed by atoms with E-state index in [1.165, 1.54) is 0 Å². The average Bonchev–Trinajstić information content (AvgIpc) is 2.45. The zero-order valence-corrected chi connectivity index (χ0v) is 11.5. The van der Waals surface area contributed by atoms with E-state index < -0.39 is 6.04 Å². The molecule has 0 saturated heterocycles. The van der Waals surface area contributed by atoms with Gasteiger partial charge in [0, 0.05) is 5.02 Å². The molecule has 0 spiro atoms. The second-order valence-corrected chi connectivity index (χ2v) is 4.78. The van der Waals surface area contributed by atoms with Crippen molar-refractivity contribution in [2.24, 2.45) is 0 Å². The van der Waals surface area contributed by atoms with E-state index in [9.17, 15) is 4.79 Å². The summed E-state index contributed by atoms with van der Waals surface area (Å²) in [5.74, 6) is -0.206.